The standard InChI is InChI=1S/C14H25NO3/c1-9(2)11(13(17)18)15-12(16)10-6-5-7-14(3,4)8-10/h9-11H,5-8H2,1-4H3,(H,15,16)(H,17,18). The SMILES string of the molecule is CC(C)C(NC(=O)C1CCCC(C)(C)C1)C(=O)O. The van der Waals surface area contributed by atoms with E-state index in [4.69, 9.17) is 5.11 Å². The van der Waals surface area contributed by atoms with Crippen LogP contribution in [-0.2, 0) is 9.59 Å². The first-order chi connectivity index (χ1) is 8.23. The van der Waals surface area contributed by atoms with E-state index < -0.39 is 12.0 Å². The maximum atomic E-state index is 12.1. The molecule has 2 atom stereocenters. The molecular weight excluding hydrogens is 230 g/mol. The van der Waals surface area contributed by atoms with Crippen LogP contribution in [0.15, 0.2) is 0 Å². The number of hydrogen-bond donors (Lipinski definition) is 2. The lowest BCUT2D eigenvalue weighted by Crippen LogP contribution is -2.47. The van der Waals surface area contributed by atoms with Gasteiger partial charge >= 0.3 is 5.97 Å². The summed E-state index contributed by atoms with van der Waals surface area (Å²) in [6, 6.07) is -0.775. The van der Waals surface area contributed by atoms with Gasteiger partial charge in [0.25, 0.3) is 0 Å². The summed E-state index contributed by atoms with van der Waals surface area (Å²) in [5.74, 6) is -1.17. The second kappa shape index (κ2) is 5.72. The maximum Gasteiger partial charge on any atom is 0.326 e. The number of carboxylic acids is 1. The summed E-state index contributed by atoms with van der Waals surface area (Å²) in [5.41, 5.74) is 0.191. The molecule has 0 heterocycles. The Kier molecular flexibility index (Phi) is 4.77. The molecule has 1 rings (SSSR count). The molecule has 104 valence electrons. The van der Waals surface area contributed by atoms with Crippen molar-refractivity contribution in [2.45, 2.75) is 59.4 Å². The van der Waals surface area contributed by atoms with Gasteiger partial charge in [0.2, 0.25) is 5.91 Å². The first-order valence-electron chi connectivity index (χ1n) is 6.76. The van der Waals surface area contributed by atoms with Crippen LogP contribution in [0.2, 0.25) is 0 Å². The molecule has 4 heteroatoms. The lowest BCUT2D eigenvalue weighted by Gasteiger charge is -2.35. The number of nitrogens with one attached hydrogen (secondary N) is 1. The molecule has 0 aliphatic heterocycles. The van der Waals surface area contributed by atoms with E-state index in [1.54, 1.807) is 0 Å². The van der Waals surface area contributed by atoms with Crippen LogP contribution in [0.5, 0.6) is 0 Å². The van der Waals surface area contributed by atoms with Crippen LogP contribution in [0.1, 0.15) is 53.4 Å². The predicted octanol–water partition coefficient (Wildman–Crippen LogP) is 2.43. The van der Waals surface area contributed by atoms with Crippen molar-refractivity contribution in [2.24, 2.45) is 17.3 Å². The van der Waals surface area contributed by atoms with Gasteiger partial charge in [-0.3, -0.25) is 4.79 Å². The highest BCUT2D eigenvalue weighted by Gasteiger charge is 2.34. The molecule has 0 saturated heterocycles. The van der Waals surface area contributed by atoms with E-state index in [0.29, 0.717) is 0 Å². The molecule has 2 unspecified atom stereocenters. The third kappa shape index (κ3) is 4.00. The molecule has 0 aromatic rings. The van der Waals surface area contributed by atoms with Crippen molar-refractivity contribution in [2.75, 3.05) is 0 Å². The largest absolute Gasteiger partial charge is 0.480 e. The lowest BCUT2D eigenvalue weighted by molar-refractivity contribution is -0.144. The number of carbonyl (C=O) groups is 2. The van der Waals surface area contributed by atoms with Crippen molar-refractivity contribution in [3.05, 3.63) is 0 Å². The molecule has 0 bridgehead atoms. The van der Waals surface area contributed by atoms with Gasteiger partial charge in [0.15, 0.2) is 0 Å². The Hall–Kier alpha value is -1.06. The fraction of sp³-hybridized carbons (Fsp3) is 0.857. The first-order valence-corrected chi connectivity index (χ1v) is 6.76. The highest BCUT2D eigenvalue weighted by molar-refractivity contribution is 5.85. The second-order valence-corrected chi connectivity index (χ2v) is 6.53. The molecule has 0 spiro atoms. The van der Waals surface area contributed by atoms with Gasteiger partial charge in [-0.15, -0.1) is 0 Å². The van der Waals surface area contributed by atoms with Crippen molar-refractivity contribution >= 4 is 11.9 Å². The zero-order chi connectivity index (χ0) is 13.9. The van der Waals surface area contributed by atoms with Gasteiger partial charge in [-0.25, -0.2) is 4.79 Å². The van der Waals surface area contributed by atoms with Crippen molar-refractivity contribution in [3.63, 3.8) is 0 Å². The summed E-state index contributed by atoms with van der Waals surface area (Å²) in [5, 5.41) is 11.8. The molecule has 18 heavy (non-hydrogen) atoms. The molecule has 2 N–H and O–H groups in total. The average molecular weight is 255 g/mol. The molecular formula is C14H25NO3. The third-order valence-electron chi connectivity index (χ3n) is 3.81. The Bertz CT molecular complexity index is 323. The summed E-state index contributed by atoms with van der Waals surface area (Å²) in [6.07, 6.45) is 3.91. The van der Waals surface area contributed by atoms with Crippen LogP contribution in [0.3, 0.4) is 0 Å². The molecule has 0 aromatic carbocycles. The van der Waals surface area contributed by atoms with Gasteiger partial charge in [-0.2, -0.15) is 0 Å². The number of carbonyl (C=O) groups excluding carboxylic acids is 1. The monoisotopic (exact) mass is 255 g/mol. The van der Waals surface area contributed by atoms with Crippen LogP contribution in [0.25, 0.3) is 0 Å². The smallest absolute Gasteiger partial charge is 0.326 e. The highest BCUT2D eigenvalue weighted by atomic mass is 16.4. The van der Waals surface area contributed by atoms with E-state index in [0.717, 1.165) is 25.7 Å². The number of carboxylic acid groups (broad SMARTS) is 1. The summed E-state index contributed by atoms with van der Waals surface area (Å²) in [4.78, 5) is 23.2. The molecule has 1 saturated carbocycles. The second-order valence-electron chi connectivity index (χ2n) is 6.53. The molecule has 1 fully saturated rings. The zero-order valence-electron chi connectivity index (χ0n) is 11.8. The fourth-order valence-electron chi connectivity index (χ4n) is 2.71. The molecule has 4 nitrogen and oxygen atoms in total. The summed E-state index contributed by atoms with van der Waals surface area (Å²) < 4.78 is 0. The summed E-state index contributed by atoms with van der Waals surface area (Å²) in [6.45, 7) is 7.96. The van der Waals surface area contributed by atoms with Crippen LogP contribution in [0.4, 0.5) is 0 Å². The quantitative estimate of drug-likeness (QED) is 0.810. The maximum absolute atomic E-state index is 12.1. The van der Waals surface area contributed by atoms with Crippen molar-refractivity contribution < 1.29 is 14.7 Å². The molecule has 1 amide bonds. The van der Waals surface area contributed by atoms with E-state index in [9.17, 15) is 9.59 Å². The van der Waals surface area contributed by atoms with E-state index >= 15 is 0 Å². The van der Waals surface area contributed by atoms with E-state index in [-0.39, 0.29) is 23.2 Å². The van der Waals surface area contributed by atoms with Crippen molar-refractivity contribution in [1.29, 1.82) is 0 Å². The summed E-state index contributed by atoms with van der Waals surface area (Å²) >= 11 is 0. The van der Waals surface area contributed by atoms with Crippen molar-refractivity contribution in [1.82, 2.24) is 5.32 Å². The number of aliphatic carboxylic acids is 1. The van der Waals surface area contributed by atoms with Gasteiger partial charge in [0.05, 0.1) is 0 Å². The normalized spacial score (nSPS) is 24.6. The van der Waals surface area contributed by atoms with Gasteiger partial charge in [0.1, 0.15) is 6.04 Å². The molecule has 0 radical (unpaired) electrons. The van der Waals surface area contributed by atoms with Gasteiger partial charge < -0.3 is 10.4 Å². The van der Waals surface area contributed by atoms with Crippen molar-refractivity contribution in [3.8, 4) is 0 Å². The van der Waals surface area contributed by atoms with Crippen LogP contribution < -0.4 is 5.32 Å². The van der Waals surface area contributed by atoms with E-state index in [1.807, 2.05) is 13.8 Å². The first kappa shape index (κ1) is 15.0. The van der Waals surface area contributed by atoms with Gasteiger partial charge in [0, 0.05) is 5.92 Å². The van der Waals surface area contributed by atoms with E-state index in [1.165, 1.54) is 0 Å². The minimum atomic E-state index is -0.951. The lowest BCUT2D eigenvalue weighted by atomic mass is 9.72. The minimum Gasteiger partial charge on any atom is -0.480 e. The van der Waals surface area contributed by atoms with Crippen LogP contribution in [0, 0.1) is 17.3 Å². The van der Waals surface area contributed by atoms with Gasteiger partial charge in [-0.05, 0) is 30.6 Å². The number of rotatable bonds is 4. The Labute approximate surface area is 109 Å². The topological polar surface area (TPSA) is 66.4 Å². The number of hydrogen-bond acceptors (Lipinski definition) is 2. The Balaban J connectivity index is 2.61. The van der Waals surface area contributed by atoms with E-state index in [2.05, 4.69) is 19.2 Å². The Morgan fingerprint density at radius 1 is 1.33 bits per heavy atom. The Morgan fingerprint density at radius 3 is 2.39 bits per heavy atom. The molecule has 1 aliphatic carbocycles. The molecule has 1 aliphatic rings. The fourth-order valence-corrected chi connectivity index (χ4v) is 2.71. The predicted molar refractivity (Wildman–Crippen MR) is 70.1 cm³/mol. The van der Waals surface area contributed by atoms with Crippen LogP contribution >= 0.6 is 0 Å². The average Bonchev–Trinajstić information content (AvgIpc) is 2.23. The summed E-state index contributed by atoms with van der Waals surface area (Å²) in [7, 11) is 0. The highest BCUT2D eigenvalue weighted by Crippen LogP contribution is 2.38. The molecule has 0 aromatic heterocycles. The third-order valence-corrected chi connectivity index (χ3v) is 3.81. The van der Waals surface area contributed by atoms with Crippen LogP contribution in [-0.4, -0.2) is 23.0 Å². The number of amides is 1. The minimum absolute atomic E-state index is 0.0330. The Morgan fingerprint density at radius 2 is 1.94 bits per heavy atom. The zero-order valence-corrected chi connectivity index (χ0v) is 11.8. The van der Waals surface area contributed by atoms with Gasteiger partial charge in [-0.1, -0.05) is 34.1 Å².